The SMILES string of the molecule is COCCN(CCl)C(=O)OC(CCCCCN=[N+]=[N-])CS(C)(=O)=O. The average Bonchev–Trinajstić information content (AvgIpc) is 2.49. The third-order valence-corrected chi connectivity index (χ3v) is 4.34. The van der Waals surface area contributed by atoms with E-state index in [-0.39, 0.29) is 18.3 Å². The number of sulfone groups is 1. The summed E-state index contributed by atoms with van der Waals surface area (Å²) in [6, 6.07) is -0.0695. The molecule has 0 aromatic heterocycles. The Kier molecular flexibility index (Phi) is 12.4. The van der Waals surface area contributed by atoms with Crippen LogP contribution in [0.2, 0.25) is 0 Å². The Bertz CT molecular complexity index is 510. The molecule has 9 nitrogen and oxygen atoms in total. The lowest BCUT2D eigenvalue weighted by molar-refractivity contribution is 0.0633. The molecule has 0 aromatic carbocycles. The van der Waals surface area contributed by atoms with Crippen molar-refractivity contribution in [2.24, 2.45) is 5.11 Å². The van der Waals surface area contributed by atoms with Crippen molar-refractivity contribution in [1.29, 1.82) is 0 Å². The molecule has 1 amide bonds. The van der Waals surface area contributed by atoms with Crippen molar-refractivity contribution in [2.75, 3.05) is 44.8 Å². The normalized spacial score (nSPS) is 12.3. The number of hydrogen-bond donors (Lipinski definition) is 0. The zero-order valence-electron chi connectivity index (χ0n) is 14.1. The first-order valence-electron chi connectivity index (χ1n) is 7.53. The van der Waals surface area contributed by atoms with E-state index in [4.69, 9.17) is 26.6 Å². The van der Waals surface area contributed by atoms with Crippen LogP contribution in [0.15, 0.2) is 5.11 Å². The maximum absolute atomic E-state index is 12.1. The van der Waals surface area contributed by atoms with Crippen LogP contribution in [-0.2, 0) is 19.3 Å². The van der Waals surface area contributed by atoms with Crippen LogP contribution in [0.1, 0.15) is 25.7 Å². The van der Waals surface area contributed by atoms with Gasteiger partial charge in [-0.05, 0) is 24.8 Å². The van der Waals surface area contributed by atoms with Crippen LogP contribution in [0.4, 0.5) is 4.79 Å². The molecule has 0 fully saturated rings. The van der Waals surface area contributed by atoms with E-state index in [0.717, 1.165) is 12.7 Å². The van der Waals surface area contributed by atoms with Crippen LogP contribution in [0, 0.1) is 0 Å². The van der Waals surface area contributed by atoms with Gasteiger partial charge in [-0.15, -0.1) is 11.6 Å². The number of methoxy groups -OCH3 is 1. The number of carbonyl (C=O) groups is 1. The molecule has 24 heavy (non-hydrogen) atoms. The van der Waals surface area contributed by atoms with Crippen LogP contribution in [0.5, 0.6) is 0 Å². The first-order chi connectivity index (χ1) is 11.3. The van der Waals surface area contributed by atoms with Crippen molar-refractivity contribution in [1.82, 2.24) is 4.90 Å². The molecule has 11 heteroatoms. The van der Waals surface area contributed by atoms with Gasteiger partial charge >= 0.3 is 6.09 Å². The molecule has 140 valence electrons. The van der Waals surface area contributed by atoms with Crippen molar-refractivity contribution in [2.45, 2.75) is 31.8 Å². The Morgan fingerprint density at radius 1 is 1.38 bits per heavy atom. The van der Waals surface area contributed by atoms with E-state index in [9.17, 15) is 13.2 Å². The number of amides is 1. The van der Waals surface area contributed by atoms with Gasteiger partial charge < -0.3 is 9.47 Å². The van der Waals surface area contributed by atoms with Gasteiger partial charge in [-0.25, -0.2) is 13.2 Å². The van der Waals surface area contributed by atoms with E-state index in [0.29, 0.717) is 32.4 Å². The number of hydrogen-bond acceptors (Lipinski definition) is 6. The Morgan fingerprint density at radius 2 is 2.08 bits per heavy atom. The second kappa shape index (κ2) is 13.1. The highest BCUT2D eigenvalue weighted by molar-refractivity contribution is 7.90. The summed E-state index contributed by atoms with van der Waals surface area (Å²) in [7, 11) is -1.79. The lowest BCUT2D eigenvalue weighted by Crippen LogP contribution is -2.37. The van der Waals surface area contributed by atoms with E-state index in [1.54, 1.807) is 0 Å². The summed E-state index contributed by atoms with van der Waals surface area (Å²) in [4.78, 5) is 16.0. The largest absolute Gasteiger partial charge is 0.445 e. The summed E-state index contributed by atoms with van der Waals surface area (Å²) in [5.74, 6) is -0.241. The summed E-state index contributed by atoms with van der Waals surface area (Å²) < 4.78 is 33.2. The molecule has 0 aromatic rings. The first-order valence-corrected chi connectivity index (χ1v) is 10.1. The number of halogens is 1. The van der Waals surface area contributed by atoms with Crippen molar-refractivity contribution < 1.29 is 22.7 Å². The first kappa shape index (κ1) is 22.8. The molecule has 0 spiro atoms. The topological polar surface area (TPSA) is 122 Å². The van der Waals surface area contributed by atoms with E-state index < -0.39 is 22.0 Å². The maximum atomic E-state index is 12.1. The fourth-order valence-electron chi connectivity index (χ4n) is 1.91. The van der Waals surface area contributed by atoms with Gasteiger partial charge in [0.1, 0.15) is 6.10 Å². The zero-order chi connectivity index (χ0) is 18.4. The molecular formula is C13H25ClN4O5S. The molecule has 0 radical (unpaired) electrons. The number of alkyl halides is 1. The minimum Gasteiger partial charge on any atom is -0.445 e. The number of rotatable bonds is 13. The third-order valence-electron chi connectivity index (χ3n) is 3.07. The fraction of sp³-hybridized carbons (Fsp3) is 0.923. The second-order valence-electron chi connectivity index (χ2n) is 5.28. The molecule has 0 saturated carbocycles. The third kappa shape index (κ3) is 12.2. The van der Waals surface area contributed by atoms with Crippen molar-refractivity contribution in [3.8, 4) is 0 Å². The molecule has 0 saturated heterocycles. The molecule has 0 heterocycles. The van der Waals surface area contributed by atoms with Crippen LogP contribution in [0.3, 0.4) is 0 Å². The van der Waals surface area contributed by atoms with E-state index in [1.165, 1.54) is 12.0 Å². The van der Waals surface area contributed by atoms with Gasteiger partial charge in [0, 0.05) is 31.4 Å². The van der Waals surface area contributed by atoms with E-state index >= 15 is 0 Å². The van der Waals surface area contributed by atoms with Crippen molar-refractivity contribution in [3.63, 3.8) is 0 Å². The van der Waals surface area contributed by atoms with Crippen LogP contribution in [-0.4, -0.2) is 70.3 Å². The lowest BCUT2D eigenvalue weighted by Gasteiger charge is -2.23. The quantitative estimate of drug-likeness (QED) is 0.120. The monoisotopic (exact) mass is 384 g/mol. The molecule has 1 unspecified atom stereocenters. The summed E-state index contributed by atoms with van der Waals surface area (Å²) in [6.07, 6.45) is 2.22. The molecule has 0 bridgehead atoms. The van der Waals surface area contributed by atoms with Crippen molar-refractivity contribution >= 4 is 27.5 Å². The molecule has 1 atom stereocenters. The molecular weight excluding hydrogens is 360 g/mol. The zero-order valence-corrected chi connectivity index (χ0v) is 15.6. The summed E-state index contributed by atoms with van der Waals surface area (Å²) in [6.45, 7) is 0.957. The Morgan fingerprint density at radius 3 is 2.62 bits per heavy atom. The highest BCUT2D eigenvalue weighted by Crippen LogP contribution is 2.12. The van der Waals surface area contributed by atoms with Gasteiger partial charge in [-0.1, -0.05) is 11.5 Å². The minimum atomic E-state index is -3.29. The van der Waals surface area contributed by atoms with Gasteiger partial charge in [0.05, 0.1) is 18.4 Å². The van der Waals surface area contributed by atoms with Crippen LogP contribution < -0.4 is 0 Å². The fourth-order valence-corrected chi connectivity index (χ4v) is 3.04. The Hall–Kier alpha value is -1.22. The summed E-state index contributed by atoms with van der Waals surface area (Å²) in [5.41, 5.74) is 8.18. The van der Waals surface area contributed by atoms with Gasteiger partial charge in [0.2, 0.25) is 0 Å². The van der Waals surface area contributed by atoms with E-state index in [1.807, 2.05) is 0 Å². The minimum absolute atomic E-state index is 0.0695. The van der Waals surface area contributed by atoms with E-state index in [2.05, 4.69) is 10.0 Å². The number of nitrogens with zero attached hydrogens (tertiary/aromatic N) is 4. The lowest BCUT2D eigenvalue weighted by atomic mass is 10.1. The Labute approximate surface area is 147 Å². The van der Waals surface area contributed by atoms with Gasteiger partial charge in [-0.2, -0.15) is 0 Å². The number of ether oxygens (including phenoxy) is 2. The number of azide groups is 1. The smallest absolute Gasteiger partial charge is 0.411 e. The standard InChI is InChI=1S/C13H25ClN4O5S/c1-22-9-8-18(11-14)13(19)23-12(10-24(2,20)21)6-4-3-5-7-16-17-15/h12H,3-11H2,1-2H3. The predicted molar refractivity (Wildman–Crippen MR) is 91.8 cm³/mol. The highest BCUT2D eigenvalue weighted by atomic mass is 35.5. The maximum Gasteiger partial charge on any atom is 0.411 e. The van der Waals surface area contributed by atoms with Crippen LogP contribution in [0.25, 0.3) is 10.4 Å². The molecule has 0 aliphatic rings. The second-order valence-corrected chi connectivity index (χ2v) is 7.70. The summed E-state index contributed by atoms with van der Waals surface area (Å²) in [5, 5.41) is 3.43. The predicted octanol–water partition coefficient (Wildman–Crippen LogP) is 2.55. The molecule has 0 aliphatic heterocycles. The molecule has 0 aliphatic carbocycles. The summed E-state index contributed by atoms with van der Waals surface area (Å²) >= 11 is 5.70. The molecule has 0 rings (SSSR count). The van der Waals surface area contributed by atoms with Crippen molar-refractivity contribution in [3.05, 3.63) is 10.4 Å². The molecule has 0 N–H and O–H groups in total. The number of carbonyl (C=O) groups excluding carboxylic acids is 1. The van der Waals surface area contributed by atoms with Crippen LogP contribution >= 0.6 is 11.6 Å². The highest BCUT2D eigenvalue weighted by Gasteiger charge is 2.22. The Balaban J connectivity index is 4.53. The average molecular weight is 385 g/mol. The number of unbranched alkanes of at least 4 members (excludes halogenated alkanes) is 2. The van der Waals surface area contributed by atoms with Gasteiger partial charge in [0.15, 0.2) is 9.84 Å². The van der Waals surface area contributed by atoms with Gasteiger partial charge in [0.25, 0.3) is 0 Å². The van der Waals surface area contributed by atoms with Gasteiger partial charge in [-0.3, -0.25) is 4.90 Å².